The van der Waals surface area contributed by atoms with Crippen LogP contribution in [0.15, 0.2) is 24.3 Å². The van der Waals surface area contributed by atoms with Crippen LogP contribution in [0.25, 0.3) is 5.69 Å². The molecule has 2 rings (SSSR count). The number of carboxylic acid groups (broad SMARTS) is 1. The van der Waals surface area contributed by atoms with Crippen molar-refractivity contribution in [2.75, 3.05) is 0 Å². The summed E-state index contributed by atoms with van der Waals surface area (Å²) in [6.45, 7) is 5.82. The van der Waals surface area contributed by atoms with Crippen molar-refractivity contribution < 1.29 is 9.90 Å². The van der Waals surface area contributed by atoms with Gasteiger partial charge >= 0.3 is 5.97 Å². The summed E-state index contributed by atoms with van der Waals surface area (Å²) >= 11 is 5.86. The molecule has 0 aliphatic carbocycles. The lowest BCUT2D eigenvalue weighted by molar-refractivity contribution is 0.0689. The zero-order valence-electron chi connectivity index (χ0n) is 11.0. The fourth-order valence-electron chi connectivity index (χ4n) is 2.17. The molecule has 0 amide bonds. The van der Waals surface area contributed by atoms with Gasteiger partial charge in [0.2, 0.25) is 0 Å². The molecule has 0 saturated heterocycles. The third-order valence-electron chi connectivity index (χ3n) is 2.99. The number of carbonyl (C=O) groups is 1. The zero-order chi connectivity index (χ0) is 14.2. The monoisotopic (exact) mass is 278 g/mol. The molecule has 1 heterocycles. The molecule has 0 radical (unpaired) electrons. The summed E-state index contributed by atoms with van der Waals surface area (Å²) in [6.07, 6.45) is 0. The van der Waals surface area contributed by atoms with Crippen molar-refractivity contribution in [1.29, 1.82) is 0 Å². The van der Waals surface area contributed by atoms with Gasteiger partial charge in [-0.15, -0.1) is 0 Å². The fourth-order valence-corrected chi connectivity index (χ4v) is 2.29. The number of hydrogen-bond acceptors (Lipinski definition) is 2. The fraction of sp³-hybridized carbons (Fsp3) is 0.286. The minimum absolute atomic E-state index is 0.0960. The molecule has 0 spiro atoms. The maximum absolute atomic E-state index is 11.2. The molecule has 100 valence electrons. The molecule has 0 atom stereocenters. The topological polar surface area (TPSA) is 55.1 Å². The second kappa shape index (κ2) is 5.05. The summed E-state index contributed by atoms with van der Waals surface area (Å²) in [6, 6.07) is 7.18. The molecule has 0 bridgehead atoms. The summed E-state index contributed by atoms with van der Waals surface area (Å²) in [5.74, 6) is -0.830. The molecule has 0 aliphatic rings. The van der Waals surface area contributed by atoms with E-state index in [2.05, 4.69) is 5.10 Å². The Hall–Kier alpha value is -1.81. The maximum atomic E-state index is 11.2. The van der Waals surface area contributed by atoms with Gasteiger partial charge in [0.15, 0.2) is 5.69 Å². The highest BCUT2D eigenvalue weighted by Crippen LogP contribution is 2.25. The molecule has 19 heavy (non-hydrogen) atoms. The molecule has 1 aromatic carbocycles. The van der Waals surface area contributed by atoms with Crippen molar-refractivity contribution >= 4 is 17.6 Å². The van der Waals surface area contributed by atoms with Crippen LogP contribution in [-0.4, -0.2) is 20.9 Å². The molecule has 0 aliphatic heterocycles. The van der Waals surface area contributed by atoms with E-state index < -0.39 is 5.97 Å². The van der Waals surface area contributed by atoms with Gasteiger partial charge in [0.25, 0.3) is 0 Å². The van der Waals surface area contributed by atoms with Crippen LogP contribution in [0.5, 0.6) is 0 Å². The zero-order valence-corrected chi connectivity index (χ0v) is 11.8. The first-order valence-corrected chi connectivity index (χ1v) is 6.38. The smallest absolute Gasteiger partial charge is 0.356 e. The van der Waals surface area contributed by atoms with Crippen molar-refractivity contribution in [2.24, 2.45) is 0 Å². The van der Waals surface area contributed by atoms with E-state index in [1.165, 1.54) is 0 Å². The van der Waals surface area contributed by atoms with Gasteiger partial charge < -0.3 is 5.11 Å². The largest absolute Gasteiger partial charge is 0.476 e. The highest BCUT2D eigenvalue weighted by atomic mass is 35.5. The van der Waals surface area contributed by atoms with Crippen molar-refractivity contribution in [2.45, 2.75) is 26.7 Å². The number of carboxylic acids is 1. The number of rotatable bonds is 3. The SMILES string of the molecule is Cc1c(C(=O)O)nn(-c2ccc(Cl)cc2)c1C(C)C. The van der Waals surface area contributed by atoms with Crippen LogP contribution >= 0.6 is 11.6 Å². The highest BCUT2D eigenvalue weighted by Gasteiger charge is 2.21. The number of aromatic nitrogens is 2. The number of aromatic carboxylic acids is 1. The summed E-state index contributed by atoms with van der Waals surface area (Å²) in [5, 5.41) is 14.0. The van der Waals surface area contributed by atoms with Crippen molar-refractivity contribution in [3.05, 3.63) is 46.2 Å². The lowest BCUT2D eigenvalue weighted by atomic mass is 10.0. The number of halogens is 1. The van der Waals surface area contributed by atoms with Crippen LogP contribution < -0.4 is 0 Å². The molecule has 1 aromatic heterocycles. The van der Waals surface area contributed by atoms with Gasteiger partial charge in [-0.25, -0.2) is 9.48 Å². The Morgan fingerprint density at radius 1 is 1.32 bits per heavy atom. The lowest BCUT2D eigenvalue weighted by Gasteiger charge is -2.11. The maximum Gasteiger partial charge on any atom is 0.356 e. The number of nitrogens with zero attached hydrogens (tertiary/aromatic N) is 2. The predicted octanol–water partition coefficient (Wildman–Crippen LogP) is 3.66. The van der Waals surface area contributed by atoms with Gasteiger partial charge in [0.1, 0.15) is 0 Å². The minimum atomic E-state index is -1.01. The Morgan fingerprint density at radius 2 is 1.89 bits per heavy atom. The molecule has 4 nitrogen and oxygen atoms in total. The number of hydrogen-bond donors (Lipinski definition) is 1. The van der Waals surface area contributed by atoms with Crippen LogP contribution in [-0.2, 0) is 0 Å². The molecular weight excluding hydrogens is 264 g/mol. The molecule has 5 heteroatoms. The van der Waals surface area contributed by atoms with Crippen LogP contribution in [0.4, 0.5) is 0 Å². The van der Waals surface area contributed by atoms with Gasteiger partial charge in [-0.2, -0.15) is 5.10 Å². The Bertz CT molecular complexity index is 615. The normalized spacial score (nSPS) is 11.0. The Balaban J connectivity index is 2.65. The van der Waals surface area contributed by atoms with Crippen LogP contribution in [0.3, 0.4) is 0 Å². The molecule has 0 unspecified atom stereocenters. The van der Waals surface area contributed by atoms with E-state index >= 15 is 0 Å². The Morgan fingerprint density at radius 3 is 2.37 bits per heavy atom. The summed E-state index contributed by atoms with van der Waals surface area (Å²) in [4.78, 5) is 11.2. The average molecular weight is 279 g/mol. The molecule has 1 N–H and O–H groups in total. The van der Waals surface area contributed by atoms with E-state index in [-0.39, 0.29) is 11.6 Å². The average Bonchev–Trinajstić information content (AvgIpc) is 2.68. The molecule has 0 saturated carbocycles. The Labute approximate surface area is 116 Å². The van der Waals surface area contributed by atoms with E-state index in [1.54, 1.807) is 23.7 Å². The third-order valence-corrected chi connectivity index (χ3v) is 3.24. The van der Waals surface area contributed by atoms with Crippen LogP contribution in [0, 0.1) is 6.92 Å². The molecular formula is C14H15ClN2O2. The third kappa shape index (κ3) is 2.49. The Kier molecular flexibility index (Phi) is 3.62. The van der Waals surface area contributed by atoms with E-state index in [0.717, 1.165) is 11.4 Å². The molecule has 2 aromatic rings. The van der Waals surface area contributed by atoms with Crippen molar-refractivity contribution in [3.8, 4) is 5.69 Å². The van der Waals surface area contributed by atoms with Gasteiger partial charge in [-0.3, -0.25) is 0 Å². The second-order valence-electron chi connectivity index (χ2n) is 4.71. The van der Waals surface area contributed by atoms with Crippen LogP contribution in [0.2, 0.25) is 5.02 Å². The molecule has 0 fully saturated rings. The first-order chi connectivity index (χ1) is 8.91. The van der Waals surface area contributed by atoms with E-state index in [1.807, 2.05) is 26.0 Å². The standard InChI is InChI=1S/C14H15ClN2O2/c1-8(2)13-9(3)12(14(18)19)16-17(13)11-6-4-10(15)5-7-11/h4-8H,1-3H3,(H,18,19). The van der Waals surface area contributed by atoms with Crippen LogP contribution in [0.1, 0.15) is 41.5 Å². The van der Waals surface area contributed by atoms with Gasteiger partial charge in [0, 0.05) is 10.6 Å². The van der Waals surface area contributed by atoms with E-state index in [9.17, 15) is 9.90 Å². The minimum Gasteiger partial charge on any atom is -0.476 e. The van der Waals surface area contributed by atoms with Crippen molar-refractivity contribution in [1.82, 2.24) is 9.78 Å². The highest BCUT2D eigenvalue weighted by molar-refractivity contribution is 6.30. The van der Waals surface area contributed by atoms with E-state index in [4.69, 9.17) is 11.6 Å². The quantitative estimate of drug-likeness (QED) is 0.932. The first kappa shape index (κ1) is 13.6. The van der Waals surface area contributed by atoms with Gasteiger partial charge in [0.05, 0.1) is 11.4 Å². The lowest BCUT2D eigenvalue weighted by Crippen LogP contribution is -2.04. The predicted molar refractivity (Wildman–Crippen MR) is 74.4 cm³/mol. The summed E-state index contributed by atoms with van der Waals surface area (Å²) < 4.78 is 1.68. The van der Waals surface area contributed by atoms with Gasteiger partial charge in [-0.05, 0) is 37.1 Å². The van der Waals surface area contributed by atoms with E-state index in [0.29, 0.717) is 10.6 Å². The summed E-state index contributed by atoms with van der Waals surface area (Å²) in [5.41, 5.74) is 2.51. The second-order valence-corrected chi connectivity index (χ2v) is 5.14. The summed E-state index contributed by atoms with van der Waals surface area (Å²) in [7, 11) is 0. The van der Waals surface area contributed by atoms with Crippen molar-refractivity contribution in [3.63, 3.8) is 0 Å². The number of benzene rings is 1. The van der Waals surface area contributed by atoms with Gasteiger partial charge in [-0.1, -0.05) is 25.4 Å². The first-order valence-electron chi connectivity index (χ1n) is 6.00.